The summed E-state index contributed by atoms with van der Waals surface area (Å²) in [5.41, 5.74) is 1.71. The minimum absolute atomic E-state index is 0.0413. The van der Waals surface area contributed by atoms with E-state index in [0.29, 0.717) is 28.8 Å². The lowest BCUT2D eigenvalue weighted by Gasteiger charge is -2.36. The SMILES string of the molecule is C=CCN1c2ccccc2C(c2ccccc2)=C(C(=O)NC(C)(C)CC(C)(C)C)S1(=O)=O. The molecule has 1 aliphatic rings. The number of hydrogen-bond donors (Lipinski definition) is 1. The molecule has 0 fully saturated rings. The molecule has 32 heavy (non-hydrogen) atoms. The fraction of sp³-hybridized carbons (Fsp3) is 0.346. The molecular formula is C26H32N2O3S. The van der Waals surface area contributed by atoms with Gasteiger partial charge in [-0.3, -0.25) is 9.10 Å². The fourth-order valence-corrected chi connectivity index (χ4v) is 6.27. The van der Waals surface area contributed by atoms with Gasteiger partial charge in [-0.2, -0.15) is 0 Å². The molecule has 0 aliphatic carbocycles. The molecule has 1 N–H and O–H groups in total. The van der Waals surface area contributed by atoms with Crippen LogP contribution in [0.5, 0.6) is 0 Å². The number of amides is 1. The van der Waals surface area contributed by atoms with Gasteiger partial charge in [-0.1, -0.05) is 75.4 Å². The Morgan fingerprint density at radius 3 is 2.19 bits per heavy atom. The molecule has 0 unspecified atom stereocenters. The predicted molar refractivity (Wildman–Crippen MR) is 132 cm³/mol. The van der Waals surface area contributed by atoms with Crippen LogP contribution in [0.25, 0.3) is 5.57 Å². The van der Waals surface area contributed by atoms with Crippen molar-refractivity contribution in [2.45, 2.75) is 46.6 Å². The van der Waals surface area contributed by atoms with E-state index in [1.165, 1.54) is 10.4 Å². The summed E-state index contributed by atoms with van der Waals surface area (Å²) in [6, 6.07) is 16.5. The Hall–Kier alpha value is -2.86. The number of nitrogens with one attached hydrogen (secondary N) is 1. The zero-order valence-electron chi connectivity index (χ0n) is 19.5. The lowest BCUT2D eigenvalue weighted by molar-refractivity contribution is -0.118. The molecule has 0 bridgehead atoms. The summed E-state index contributed by atoms with van der Waals surface area (Å²) in [4.78, 5) is 13.4. The summed E-state index contributed by atoms with van der Waals surface area (Å²) < 4.78 is 28.9. The van der Waals surface area contributed by atoms with Crippen LogP contribution in [0.15, 0.2) is 72.2 Å². The summed E-state index contributed by atoms with van der Waals surface area (Å²) >= 11 is 0. The van der Waals surface area contributed by atoms with Gasteiger partial charge in [0, 0.05) is 16.7 Å². The summed E-state index contributed by atoms with van der Waals surface area (Å²) in [6.45, 7) is 13.9. The number of carbonyl (C=O) groups excluding carboxylic acids is 1. The van der Waals surface area contributed by atoms with E-state index in [-0.39, 0.29) is 16.9 Å². The van der Waals surface area contributed by atoms with Gasteiger partial charge in [-0.05, 0) is 37.3 Å². The third kappa shape index (κ3) is 4.80. The van der Waals surface area contributed by atoms with Gasteiger partial charge in [0.15, 0.2) is 4.91 Å². The lowest BCUT2D eigenvalue weighted by atomic mass is 9.81. The van der Waals surface area contributed by atoms with Crippen LogP contribution >= 0.6 is 0 Å². The van der Waals surface area contributed by atoms with E-state index in [1.54, 1.807) is 12.1 Å². The van der Waals surface area contributed by atoms with Crippen molar-refractivity contribution >= 4 is 27.2 Å². The van der Waals surface area contributed by atoms with Gasteiger partial charge in [-0.15, -0.1) is 6.58 Å². The third-order valence-corrected chi connectivity index (χ3v) is 7.04. The van der Waals surface area contributed by atoms with Crippen LogP contribution in [0.2, 0.25) is 0 Å². The van der Waals surface area contributed by atoms with E-state index >= 15 is 0 Å². The first-order valence-corrected chi connectivity index (χ1v) is 12.2. The second kappa shape index (κ2) is 8.58. The standard InChI is InChI=1S/C26H32N2O3S/c1-7-17-28-21-16-12-11-15-20(21)22(19-13-9-8-10-14-19)23(32(28,30)31)24(29)27-26(5,6)18-25(2,3)4/h7-16H,1,17-18H2,2-6H3,(H,27,29). The summed E-state index contributed by atoms with van der Waals surface area (Å²) in [6.07, 6.45) is 2.22. The number of benzene rings is 2. The zero-order chi connectivity index (χ0) is 23.7. The number of nitrogens with zero attached hydrogens (tertiary/aromatic N) is 1. The highest BCUT2D eigenvalue weighted by Crippen LogP contribution is 2.43. The highest BCUT2D eigenvalue weighted by molar-refractivity contribution is 7.97. The van der Waals surface area contributed by atoms with E-state index in [2.05, 4.69) is 32.7 Å². The summed E-state index contributed by atoms with van der Waals surface area (Å²) in [5.74, 6) is -0.596. The second-order valence-corrected chi connectivity index (χ2v) is 11.8. The maximum Gasteiger partial charge on any atom is 0.270 e. The number of hydrogen-bond acceptors (Lipinski definition) is 3. The Morgan fingerprint density at radius 1 is 1.00 bits per heavy atom. The van der Waals surface area contributed by atoms with Gasteiger partial charge in [-0.25, -0.2) is 8.42 Å². The molecule has 0 radical (unpaired) electrons. The molecule has 1 amide bonds. The van der Waals surface area contributed by atoms with Gasteiger partial charge in [0.05, 0.1) is 12.2 Å². The van der Waals surface area contributed by atoms with Crippen molar-refractivity contribution in [1.29, 1.82) is 0 Å². The number of carbonyl (C=O) groups is 1. The molecule has 1 aliphatic heterocycles. The molecule has 0 spiro atoms. The molecule has 6 heteroatoms. The third-order valence-electron chi connectivity index (χ3n) is 5.21. The molecule has 0 saturated carbocycles. The zero-order valence-corrected chi connectivity index (χ0v) is 20.3. The largest absolute Gasteiger partial charge is 0.346 e. The lowest BCUT2D eigenvalue weighted by Crippen LogP contribution is -2.49. The predicted octanol–water partition coefficient (Wildman–Crippen LogP) is 5.11. The topological polar surface area (TPSA) is 66.5 Å². The molecule has 170 valence electrons. The van der Waals surface area contributed by atoms with Crippen molar-refractivity contribution in [3.05, 3.63) is 83.3 Å². The number of para-hydroxylation sites is 1. The fourth-order valence-electron chi connectivity index (χ4n) is 4.56. The summed E-state index contributed by atoms with van der Waals surface area (Å²) in [5, 5.41) is 3.00. The monoisotopic (exact) mass is 452 g/mol. The Balaban J connectivity index is 2.27. The van der Waals surface area contributed by atoms with Crippen LogP contribution in [-0.4, -0.2) is 26.4 Å². The van der Waals surface area contributed by atoms with E-state index in [9.17, 15) is 13.2 Å². The van der Waals surface area contributed by atoms with Crippen LogP contribution in [-0.2, 0) is 14.8 Å². The minimum Gasteiger partial charge on any atom is -0.346 e. The number of sulfonamides is 1. The van der Waals surface area contributed by atoms with Crippen molar-refractivity contribution < 1.29 is 13.2 Å². The maximum atomic E-state index is 13.8. The van der Waals surface area contributed by atoms with Crippen molar-refractivity contribution in [1.82, 2.24) is 5.32 Å². The molecule has 5 nitrogen and oxygen atoms in total. The van der Waals surface area contributed by atoms with Crippen molar-refractivity contribution in [2.75, 3.05) is 10.8 Å². The average molecular weight is 453 g/mol. The molecule has 0 aromatic heterocycles. The van der Waals surface area contributed by atoms with E-state index in [4.69, 9.17) is 0 Å². The van der Waals surface area contributed by atoms with Crippen LogP contribution in [0.3, 0.4) is 0 Å². The van der Waals surface area contributed by atoms with E-state index in [1.807, 2.05) is 56.3 Å². The Morgan fingerprint density at radius 2 is 1.59 bits per heavy atom. The molecule has 2 aromatic carbocycles. The van der Waals surface area contributed by atoms with Gasteiger partial charge in [0.1, 0.15) is 0 Å². The number of rotatable bonds is 6. The highest BCUT2D eigenvalue weighted by atomic mass is 32.2. The first kappa shape index (κ1) is 23.8. The normalized spacial score (nSPS) is 15.8. The first-order chi connectivity index (χ1) is 14.9. The van der Waals surface area contributed by atoms with Crippen molar-refractivity contribution in [3.63, 3.8) is 0 Å². The molecule has 2 aromatic rings. The van der Waals surface area contributed by atoms with Crippen LogP contribution in [0.4, 0.5) is 5.69 Å². The molecule has 0 saturated heterocycles. The Labute approximate surface area is 191 Å². The van der Waals surface area contributed by atoms with Gasteiger partial charge >= 0.3 is 0 Å². The Bertz CT molecular complexity index is 1160. The van der Waals surface area contributed by atoms with Gasteiger partial charge < -0.3 is 5.32 Å². The number of fused-ring (bicyclic) bond motifs is 1. The average Bonchev–Trinajstić information content (AvgIpc) is 2.67. The minimum atomic E-state index is -4.12. The van der Waals surface area contributed by atoms with E-state index in [0.717, 1.165) is 0 Å². The smallest absolute Gasteiger partial charge is 0.270 e. The Kier molecular flexibility index (Phi) is 6.38. The molecule has 3 rings (SSSR count). The van der Waals surface area contributed by atoms with E-state index < -0.39 is 21.5 Å². The van der Waals surface area contributed by atoms with Gasteiger partial charge in [0.2, 0.25) is 0 Å². The van der Waals surface area contributed by atoms with Crippen molar-refractivity contribution in [3.8, 4) is 0 Å². The van der Waals surface area contributed by atoms with Crippen LogP contribution < -0.4 is 9.62 Å². The van der Waals surface area contributed by atoms with Gasteiger partial charge in [0.25, 0.3) is 15.9 Å². The maximum absolute atomic E-state index is 13.8. The number of anilines is 1. The first-order valence-electron chi connectivity index (χ1n) is 10.7. The van der Waals surface area contributed by atoms with Crippen LogP contribution in [0.1, 0.15) is 52.2 Å². The highest BCUT2D eigenvalue weighted by Gasteiger charge is 2.42. The van der Waals surface area contributed by atoms with Crippen LogP contribution in [0, 0.1) is 5.41 Å². The molecular weight excluding hydrogens is 420 g/mol. The molecule has 1 heterocycles. The van der Waals surface area contributed by atoms with Crippen molar-refractivity contribution in [2.24, 2.45) is 5.41 Å². The molecule has 0 atom stereocenters. The summed E-state index contributed by atoms with van der Waals surface area (Å²) in [7, 11) is -4.12. The quantitative estimate of drug-likeness (QED) is 0.619. The second-order valence-electron chi connectivity index (χ2n) is 9.99.